The zero-order chi connectivity index (χ0) is 15.9. The third-order valence-corrected chi connectivity index (χ3v) is 3.23. The van der Waals surface area contributed by atoms with E-state index in [9.17, 15) is 9.59 Å². The number of aromatic nitrogens is 2. The number of carbonyl (C=O) groups excluding carboxylic acids is 2. The average Bonchev–Trinajstić information content (AvgIpc) is 2.92. The molecule has 0 fully saturated rings. The minimum Gasteiger partial charge on any atom is -0.459 e. The predicted molar refractivity (Wildman–Crippen MR) is 80.5 cm³/mol. The summed E-state index contributed by atoms with van der Waals surface area (Å²) in [7, 11) is 1.80. The fourth-order valence-electron chi connectivity index (χ4n) is 2.08. The van der Waals surface area contributed by atoms with Crippen LogP contribution >= 0.6 is 0 Å². The molecule has 0 aliphatic heterocycles. The van der Waals surface area contributed by atoms with E-state index in [4.69, 9.17) is 4.74 Å². The van der Waals surface area contributed by atoms with Crippen molar-refractivity contribution in [2.45, 2.75) is 20.0 Å². The highest BCUT2D eigenvalue weighted by Gasteiger charge is 2.24. The van der Waals surface area contributed by atoms with Gasteiger partial charge in [-0.2, -0.15) is 5.10 Å². The molecule has 1 amide bonds. The predicted octanol–water partition coefficient (Wildman–Crippen LogP) is 1.51. The van der Waals surface area contributed by atoms with Crippen molar-refractivity contribution in [2.24, 2.45) is 7.05 Å². The molecular weight excluding hydrogens is 282 g/mol. The van der Waals surface area contributed by atoms with Gasteiger partial charge in [-0.25, -0.2) is 4.79 Å². The van der Waals surface area contributed by atoms with E-state index in [1.807, 2.05) is 36.4 Å². The van der Waals surface area contributed by atoms with Gasteiger partial charge in [0.15, 0.2) is 0 Å². The topological polar surface area (TPSA) is 64.4 Å². The minimum absolute atomic E-state index is 0.176. The Kier molecular flexibility index (Phi) is 5.30. The second-order valence-corrected chi connectivity index (χ2v) is 4.81. The fraction of sp³-hybridized carbons (Fsp3) is 0.312. The maximum absolute atomic E-state index is 12.3. The molecule has 0 N–H and O–H groups in total. The Hall–Kier alpha value is -2.63. The van der Waals surface area contributed by atoms with Crippen molar-refractivity contribution in [3.8, 4) is 0 Å². The molecule has 1 heterocycles. The Morgan fingerprint density at radius 3 is 2.50 bits per heavy atom. The molecule has 0 saturated heterocycles. The summed E-state index contributed by atoms with van der Waals surface area (Å²) in [6.07, 6.45) is 1.66. The van der Waals surface area contributed by atoms with Crippen LogP contribution in [-0.2, 0) is 34.5 Å². The summed E-state index contributed by atoms with van der Waals surface area (Å²) in [5.41, 5.74) is 1.79. The molecule has 1 aromatic heterocycles. The molecule has 116 valence electrons. The smallest absolute Gasteiger partial charge is 0.397 e. The van der Waals surface area contributed by atoms with Crippen LogP contribution in [0.3, 0.4) is 0 Å². The van der Waals surface area contributed by atoms with Crippen molar-refractivity contribution < 1.29 is 14.3 Å². The molecule has 0 aliphatic rings. The average molecular weight is 301 g/mol. The van der Waals surface area contributed by atoms with Crippen LogP contribution in [0.25, 0.3) is 0 Å². The van der Waals surface area contributed by atoms with Crippen LogP contribution in [-0.4, -0.2) is 33.2 Å². The third kappa shape index (κ3) is 3.94. The molecule has 0 atom stereocenters. The van der Waals surface area contributed by atoms with Crippen LogP contribution in [0.15, 0.2) is 42.6 Å². The van der Waals surface area contributed by atoms with Crippen LogP contribution in [0.1, 0.15) is 18.2 Å². The lowest BCUT2D eigenvalue weighted by atomic mass is 10.2. The van der Waals surface area contributed by atoms with E-state index >= 15 is 0 Å². The highest BCUT2D eigenvalue weighted by atomic mass is 16.5. The third-order valence-electron chi connectivity index (χ3n) is 3.23. The molecule has 6 heteroatoms. The summed E-state index contributed by atoms with van der Waals surface area (Å²) >= 11 is 0. The molecule has 0 spiro atoms. The first-order valence-corrected chi connectivity index (χ1v) is 7.08. The second kappa shape index (κ2) is 7.40. The summed E-state index contributed by atoms with van der Waals surface area (Å²) < 4.78 is 6.50. The number of esters is 1. The van der Waals surface area contributed by atoms with Crippen LogP contribution < -0.4 is 0 Å². The van der Waals surface area contributed by atoms with E-state index in [-0.39, 0.29) is 6.61 Å². The van der Waals surface area contributed by atoms with Gasteiger partial charge < -0.3 is 9.64 Å². The van der Waals surface area contributed by atoms with Gasteiger partial charge in [-0.3, -0.25) is 9.48 Å². The molecule has 0 aliphatic carbocycles. The molecule has 0 saturated carbocycles. The van der Waals surface area contributed by atoms with E-state index in [2.05, 4.69) is 5.10 Å². The zero-order valence-corrected chi connectivity index (χ0v) is 12.7. The Morgan fingerprint density at radius 2 is 1.91 bits per heavy atom. The summed E-state index contributed by atoms with van der Waals surface area (Å²) in [5.74, 6) is -1.48. The van der Waals surface area contributed by atoms with Gasteiger partial charge in [-0.05, 0) is 18.6 Å². The van der Waals surface area contributed by atoms with E-state index < -0.39 is 11.9 Å². The first kappa shape index (κ1) is 15.8. The Balaban J connectivity index is 2.18. The van der Waals surface area contributed by atoms with Crippen molar-refractivity contribution in [3.63, 3.8) is 0 Å². The van der Waals surface area contributed by atoms with Crippen LogP contribution in [0.2, 0.25) is 0 Å². The van der Waals surface area contributed by atoms with Crippen molar-refractivity contribution in [1.82, 2.24) is 14.7 Å². The van der Waals surface area contributed by atoms with Crippen molar-refractivity contribution >= 4 is 11.9 Å². The van der Waals surface area contributed by atoms with E-state index in [1.165, 1.54) is 4.90 Å². The van der Waals surface area contributed by atoms with Gasteiger partial charge >= 0.3 is 11.9 Å². The Morgan fingerprint density at radius 1 is 1.18 bits per heavy atom. The number of nitrogens with zero attached hydrogens (tertiary/aromatic N) is 3. The zero-order valence-electron chi connectivity index (χ0n) is 12.7. The molecule has 0 bridgehead atoms. The van der Waals surface area contributed by atoms with Gasteiger partial charge in [0.2, 0.25) is 0 Å². The molecule has 2 rings (SSSR count). The van der Waals surface area contributed by atoms with E-state index in [0.717, 1.165) is 11.3 Å². The Bertz CT molecular complexity index is 637. The molecule has 6 nitrogen and oxygen atoms in total. The number of hydrogen-bond donors (Lipinski definition) is 0. The molecule has 22 heavy (non-hydrogen) atoms. The molecule has 0 unspecified atom stereocenters. The van der Waals surface area contributed by atoms with Crippen LogP contribution in [0.4, 0.5) is 0 Å². The van der Waals surface area contributed by atoms with Gasteiger partial charge in [0.1, 0.15) is 0 Å². The monoisotopic (exact) mass is 301 g/mol. The van der Waals surface area contributed by atoms with Gasteiger partial charge in [0.05, 0.1) is 18.8 Å². The maximum atomic E-state index is 12.3. The number of ether oxygens (including phenoxy) is 1. The number of benzene rings is 1. The van der Waals surface area contributed by atoms with Crippen LogP contribution in [0.5, 0.6) is 0 Å². The van der Waals surface area contributed by atoms with Crippen molar-refractivity contribution in [1.29, 1.82) is 0 Å². The largest absolute Gasteiger partial charge is 0.459 e. The molecule has 1 aromatic carbocycles. The number of aryl methyl sites for hydroxylation is 1. The SMILES string of the molecule is CCOC(=O)C(=O)N(Cc1ccccc1)Cc1ccnn1C. The van der Waals surface area contributed by atoms with E-state index in [0.29, 0.717) is 13.1 Å². The van der Waals surface area contributed by atoms with Gasteiger partial charge in [0.25, 0.3) is 0 Å². The normalized spacial score (nSPS) is 10.3. The van der Waals surface area contributed by atoms with Crippen LogP contribution in [0, 0.1) is 0 Å². The number of hydrogen-bond acceptors (Lipinski definition) is 4. The first-order chi connectivity index (χ1) is 10.6. The van der Waals surface area contributed by atoms with Gasteiger partial charge in [-0.15, -0.1) is 0 Å². The summed E-state index contributed by atoms with van der Waals surface area (Å²) in [4.78, 5) is 25.5. The molecular formula is C16H19N3O3. The highest BCUT2D eigenvalue weighted by Crippen LogP contribution is 2.10. The number of amides is 1. The summed E-state index contributed by atoms with van der Waals surface area (Å²) in [6, 6.07) is 11.3. The highest BCUT2D eigenvalue weighted by molar-refractivity contribution is 6.32. The Labute approximate surface area is 129 Å². The lowest BCUT2D eigenvalue weighted by Crippen LogP contribution is -2.37. The molecule has 2 aromatic rings. The van der Waals surface area contributed by atoms with Gasteiger partial charge in [0, 0.05) is 19.8 Å². The quantitative estimate of drug-likeness (QED) is 0.620. The minimum atomic E-state index is -0.833. The fourth-order valence-corrected chi connectivity index (χ4v) is 2.08. The first-order valence-electron chi connectivity index (χ1n) is 7.08. The maximum Gasteiger partial charge on any atom is 0.397 e. The second-order valence-electron chi connectivity index (χ2n) is 4.81. The summed E-state index contributed by atoms with van der Waals surface area (Å²) in [6.45, 7) is 2.48. The van der Waals surface area contributed by atoms with Crippen molar-refractivity contribution in [3.05, 3.63) is 53.9 Å². The summed E-state index contributed by atoms with van der Waals surface area (Å²) in [5, 5.41) is 4.08. The lowest BCUT2D eigenvalue weighted by Gasteiger charge is -2.21. The van der Waals surface area contributed by atoms with Gasteiger partial charge in [-0.1, -0.05) is 30.3 Å². The molecule has 0 radical (unpaired) electrons. The number of rotatable bonds is 5. The van der Waals surface area contributed by atoms with Crippen molar-refractivity contribution in [2.75, 3.05) is 6.61 Å². The number of carbonyl (C=O) groups is 2. The van der Waals surface area contributed by atoms with E-state index in [1.54, 1.807) is 24.9 Å². The standard InChI is InChI=1S/C16H19N3O3/c1-3-22-16(21)15(20)19(11-13-7-5-4-6-8-13)12-14-9-10-17-18(14)2/h4-10H,3,11-12H2,1-2H3. The lowest BCUT2D eigenvalue weighted by molar-refractivity contribution is -0.160.